The van der Waals surface area contributed by atoms with Gasteiger partial charge in [0.15, 0.2) is 0 Å². The van der Waals surface area contributed by atoms with Gasteiger partial charge in [-0.25, -0.2) is 8.78 Å². The second-order valence-electron chi connectivity index (χ2n) is 6.73. The molecule has 2 aromatic rings. The molecule has 0 aliphatic carbocycles. The molecule has 10 heteroatoms. The maximum absolute atomic E-state index is 14.3. The molecular weight excluding hydrogens is 409 g/mol. The lowest BCUT2D eigenvalue weighted by Gasteiger charge is -2.20. The molecule has 1 fully saturated rings. The van der Waals surface area contributed by atoms with E-state index in [0.29, 0.717) is 13.0 Å². The van der Waals surface area contributed by atoms with Crippen molar-refractivity contribution in [2.45, 2.75) is 32.1 Å². The fraction of sp³-hybridized carbons (Fsp3) is 0.350. The predicted octanol–water partition coefficient (Wildman–Crippen LogP) is 4.10. The zero-order valence-electron chi connectivity index (χ0n) is 15.1. The van der Waals surface area contributed by atoms with Crippen molar-refractivity contribution in [3.8, 4) is 0 Å². The molecule has 0 spiro atoms. The number of rotatable bonds is 5. The number of para-hydroxylation sites is 1. The molecule has 1 amide bonds. The summed E-state index contributed by atoms with van der Waals surface area (Å²) in [6, 6.07) is 6.02. The first kappa shape index (κ1) is 23.6. The molecule has 1 saturated heterocycles. The molecule has 0 radical (unpaired) electrons. The molecule has 2 aromatic carbocycles. The molecule has 1 aliphatic heterocycles. The van der Waals surface area contributed by atoms with Gasteiger partial charge in [0.2, 0.25) is 5.91 Å². The lowest BCUT2D eigenvalue weighted by molar-refractivity contribution is -0.137. The van der Waals surface area contributed by atoms with Crippen molar-refractivity contribution in [1.82, 2.24) is 5.32 Å². The van der Waals surface area contributed by atoms with Crippen LogP contribution in [0.4, 0.5) is 33.3 Å². The smallest absolute Gasteiger partial charge is 0.379 e. The first-order valence-electron chi connectivity index (χ1n) is 8.66. The SMILES string of the molecule is C.N[C@@]1(C(=O)NCc2ccc(Nc3c(F)cccc3C(F)(F)F)cc2F)CCOC1. The average Bonchev–Trinajstić information content (AvgIpc) is 3.09. The van der Waals surface area contributed by atoms with E-state index in [1.165, 1.54) is 12.1 Å². The molecule has 3 rings (SSSR count). The minimum absolute atomic E-state index is 0. The van der Waals surface area contributed by atoms with Crippen LogP contribution in [0, 0.1) is 11.6 Å². The third-order valence-corrected chi connectivity index (χ3v) is 4.59. The Labute approximate surface area is 170 Å². The van der Waals surface area contributed by atoms with Crippen LogP contribution in [0.5, 0.6) is 0 Å². The van der Waals surface area contributed by atoms with Crippen molar-refractivity contribution in [3.63, 3.8) is 0 Å². The Hall–Kier alpha value is -2.72. The van der Waals surface area contributed by atoms with Gasteiger partial charge in [0.1, 0.15) is 17.2 Å². The van der Waals surface area contributed by atoms with E-state index in [-0.39, 0.29) is 31.8 Å². The number of carbonyl (C=O) groups excluding carboxylic acids is 1. The van der Waals surface area contributed by atoms with Crippen LogP contribution in [0.25, 0.3) is 0 Å². The number of ether oxygens (including phenoxy) is 1. The van der Waals surface area contributed by atoms with E-state index < -0.39 is 40.5 Å². The summed E-state index contributed by atoms with van der Waals surface area (Å²) in [7, 11) is 0. The summed E-state index contributed by atoms with van der Waals surface area (Å²) < 4.78 is 72.6. The third-order valence-electron chi connectivity index (χ3n) is 4.59. The largest absolute Gasteiger partial charge is 0.418 e. The number of benzene rings is 2. The molecule has 5 nitrogen and oxygen atoms in total. The summed E-state index contributed by atoms with van der Waals surface area (Å²) in [5.41, 5.74) is 2.75. The van der Waals surface area contributed by atoms with E-state index in [1.807, 2.05) is 0 Å². The highest BCUT2D eigenvalue weighted by Crippen LogP contribution is 2.37. The van der Waals surface area contributed by atoms with Crippen LogP contribution >= 0.6 is 0 Å². The van der Waals surface area contributed by atoms with E-state index in [0.717, 1.165) is 24.3 Å². The monoisotopic (exact) mass is 431 g/mol. The van der Waals surface area contributed by atoms with Crippen LogP contribution in [-0.2, 0) is 22.3 Å². The van der Waals surface area contributed by atoms with Crippen molar-refractivity contribution in [2.24, 2.45) is 5.73 Å². The number of alkyl halides is 3. The van der Waals surface area contributed by atoms with E-state index in [4.69, 9.17) is 10.5 Å². The Kier molecular flexibility index (Phi) is 7.04. The van der Waals surface area contributed by atoms with Gasteiger partial charge in [-0.05, 0) is 30.7 Å². The Morgan fingerprint density at radius 2 is 1.90 bits per heavy atom. The zero-order chi connectivity index (χ0) is 21.2. The van der Waals surface area contributed by atoms with Crippen LogP contribution in [0.15, 0.2) is 36.4 Å². The lowest BCUT2D eigenvalue weighted by atomic mass is 9.99. The summed E-state index contributed by atoms with van der Waals surface area (Å²) in [5, 5.41) is 4.79. The molecular formula is C20H22F5N3O2. The van der Waals surface area contributed by atoms with Crippen LogP contribution in [0.2, 0.25) is 0 Å². The summed E-state index contributed by atoms with van der Waals surface area (Å²) in [6.07, 6.45) is -4.44. The second kappa shape index (κ2) is 8.97. The maximum Gasteiger partial charge on any atom is 0.418 e. The van der Waals surface area contributed by atoms with Crippen molar-refractivity contribution in [3.05, 3.63) is 59.2 Å². The minimum atomic E-state index is -4.78. The van der Waals surface area contributed by atoms with Crippen molar-refractivity contribution >= 4 is 17.3 Å². The van der Waals surface area contributed by atoms with Gasteiger partial charge in [0, 0.05) is 24.4 Å². The fourth-order valence-electron chi connectivity index (χ4n) is 2.91. The third kappa shape index (κ3) is 5.06. The van der Waals surface area contributed by atoms with Gasteiger partial charge in [0.05, 0.1) is 17.9 Å². The molecule has 30 heavy (non-hydrogen) atoms. The van der Waals surface area contributed by atoms with Gasteiger partial charge in [-0.3, -0.25) is 4.79 Å². The molecule has 4 N–H and O–H groups in total. The van der Waals surface area contributed by atoms with Crippen molar-refractivity contribution in [2.75, 3.05) is 18.5 Å². The minimum Gasteiger partial charge on any atom is -0.379 e. The number of hydrogen-bond donors (Lipinski definition) is 3. The van der Waals surface area contributed by atoms with Crippen molar-refractivity contribution in [1.29, 1.82) is 0 Å². The molecule has 1 atom stereocenters. The average molecular weight is 431 g/mol. The predicted molar refractivity (Wildman–Crippen MR) is 102 cm³/mol. The topological polar surface area (TPSA) is 76.4 Å². The van der Waals surface area contributed by atoms with Gasteiger partial charge in [-0.15, -0.1) is 0 Å². The maximum atomic E-state index is 14.3. The molecule has 1 heterocycles. The number of nitrogens with one attached hydrogen (secondary N) is 2. The molecule has 1 aliphatic rings. The number of amides is 1. The number of anilines is 2. The van der Waals surface area contributed by atoms with Gasteiger partial charge >= 0.3 is 6.18 Å². The quantitative estimate of drug-likeness (QED) is 0.624. The second-order valence-corrected chi connectivity index (χ2v) is 6.73. The number of carbonyl (C=O) groups is 1. The first-order valence-corrected chi connectivity index (χ1v) is 8.66. The zero-order valence-corrected chi connectivity index (χ0v) is 15.1. The van der Waals surface area contributed by atoms with Crippen LogP contribution in [-0.4, -0.2) is 24.7 Å². The highest BCUT2D eigenvalue weighted by molar-refractivity contribution is 5.86. The Morgan fingerprint density at radius 1 is 1.17 bits per heavy atom. The molecule has 0 saturated carbocycles. The number of nitrogens with two attached hydrogens (primary N) is 1. The first-order chi connectivity index (χ1) is 13.6. The van der Waals surface area contributed by atoms with Crippen LogP contribution in [0.1, 0.15) is 25.0 Å². The Balaban J connectivity index is 0.00000320. The van der Waals surface area contributed by atoms with Gasteiger partial charge in [-0.1, -0.05) is 19.6 Å². The summed E-state index contributed by atoms with van der Waals surface area (Å²) in [6.45, 7) is 0.250. The molecule has 0 aromatic heterocycles. The summed E-state index contributed by atoms with van der Waals surface area (Å²) >= 11 is 0. The van der Waals surface area contributed by atoms with Gasteiger partial charge in [0.25, 0.3) is 0 Å². The lowest BCUT2D eigenvalue weighted by Crippen LogP contribution is -2.54. The van der Waals surface area contributed by atoms with Crippen LogP contribution < -0.4 is 16.4 Å². The van der Waals surface area contributed by atoms with Gasteiger partial charge < -0.3 is 21.1 Å². The Bertz CT molecular complexity index is 912. The van der Waals surface area contributed by atoms with Gasteiger partial charge in [-0.2, -0.15) is 13.2 Å². The van der Waals surface area contributed by atoms with E-state index in [9.17, 15) is 26.7 Å². The Morgan fingerprint density at radius 3 is 2.50 bits per heavy atom. The van der Waals surface area contributed by atoms with Crippen molar-refractivity contribution < 1.29 is 31.5 Å². The fourth-order valence-corrected chi connectivity index (χ4v) is 2.91. The number of hydrogen-bond acceptors (Lipinski definition) is 4. The normalized spacial score (nSPS) is 18.6. The van der Waals surface area contributed by atoms with Crippen LogP contribution in [0.3, 0.4) is 0 Å². The highest BCUT2D eigenvalue weighted by atomic mass is 19.4. The summed E-state index contributed by atoms with van der Waals surface area (Å²) in [5.74, 6) is -2.39. The molecule has 0 unspecified atom stereocenters. The number of halogens is 5. The standard InChI is InChI=1S/C19H18F5N3O2.CH4/c20-14-3-1-2-13(19(22,23)24)16(14)27-12-5-4-11(15(21)8-12)9-26-17(28)18(25)6-7-29-10-18;/h1-5,8,27H,6-7,9-10,25H2,(H,26,28);1H4/t18-;/m0./s1. The summed E-state index contributed by atoms with van der Waals surface area (Å²) in [4.78, 5) is 12.1. The molecule has 164 valence electrons. The van der Waals surface area contributed by atoms with E-state index in [2.05, 4.69) is 10.6 Å². The van der Waals surface area contributed by atoms with E-state index in [1.54, 1.807) is 0 Å². The highest BCUT2D eigenvalue weighted by Gasteiger charge is 2.38. The molecule has 0 bridgehead atoms. The van der Waals surface area contributed by atoms with E-state index >= 15 is 0 Å².